The van der Waals surface area contributed by atoms with Crippen LogP contribution in [0.3, 0.4) is 0 Å². The summed E-state index contributed by atoms with van der Waals surface area (Å²) in [5, 5.41) is 0. The van der Waals surface area contributed by atoms with Crippen LogP contribution in [-0.2, 0) is 0 Å². The summed E-state index contributed by atoms with van der Waals surface area (Å²) in [6.45, 7) is 6.30. The lowest BCUT2D eigenvalue weighted by atomic mass is 9.68. The molecule has 28 heavy (non-hydrogen) atoms. The second-order valence-corrected chi connectivity index (χ2v) is 10.6. The van der Waals surface area contributed by atoms with Crippen LogP contribution in [0, 0.1) is 35.5 Å². The van der Waals surface area contributed by atoms with Crippen molar-refractivity contribution in [1.82, 2.24) is 0 Å². The third kappa shape index (κ3) is 7.07. The zero-order chi connectivity index (χ0) is 19.6. The SMILES string of the molecule is C=CC1CCC(/C=C/C2CCC(C3CCC(CCCCCC)CC3)CC2)CC1. The van der Waals surface area contributed by atoms with Gasteiger partial charge < -0.3 is 0 Å². The van der Waals surface area contributed by atoms with Crippen molar-refractivity contribution < 1.29 is 0 Å². The highest BCUT2D eigenvalue weighted by atomic mass is 14.4. The maximum atomic E-state index is 3.98. The van der Waals surface area contributed by atoms with Crippen LogP contribution in [0.1, 0.15) is 116 Å². The van der Waals surface area contributed by atoms with Crippen molar-refractivity contribution in [3.63, 3.8) is 0 Å². The van der Waals surface area contributed by atoms with Crippen molar-refractivity contribution in [2.75, 3.05) is 0 Å². The molecule has 0 bridgehead atoms. The lowest BCUT2D eigenvalue weighted by molar-refractivity contribution is 0.151. The van der Waals surface area contributed by atoms with Gasteiger partial charge in [0.2, 0.25) is 0 Å². The topological polar surface area (TPSA) is 0 Å². The Morgan fingerprint density at radius 3 is 1.64 bits per heavy atom. The molecule has 3 fully saturated rings. The van der Waals surface area contributed by atoms with Gasteiger partial charge in [0.05, 0.1) is 0 Å². The van der Waals surface area contributed by atoms with E-state index in [-0.39, 0.29) is 0 Å². The Morgan fingerprint density at radius 1 is 0.607 bits per heavy atom. The molecule has 0 N–H and O–H groups in total. The van der Waals surface area contributed by atoms with E-state index in [1.54, 1.807) is 25.7 Å². The van der Waals surface area contributed by atoms with Gasteiger partial charge >= 0.3 is 0 Å². The molecule has 0 saturated heterocycles. The fraction of sp³-hybridized carbons (Fsp3) is 0.857. The van der Waals surface area contributed by atoms with Gasteiger partial charge in [-0.2, -0.15) is 0 Å². The fourth-order valence-corrected chi connectivity index (χ4v) is 6.50. The Morgan fingerprint density at radius 2 is 1.11 bits per heavy atom. The smallest absolute Gasteiger partial charge is 0.0233 e. The molecule has 0 heterocycles. The third-order valence-electron chi connectivity index (χ3n) is 8.65. The van der Waals surface area contributed by atoms with Crippen molar-refractivity contribution in [3.8, 4) is 0 Å². The highest BCUT2D eigenvalue weighted by molar-refractivity contribution is 4.98. The Balaban J connectivity index is 1.29. The summed E-state index contributed by atoms with van der Waals surface area (Å²) in [7, 11) is 0. The third-order valence-corrected chi connectivity index (χ3v) is 8.65. The molecule has 3 aliphatic carbocycles. The minimum absolute atomic E-state index is 0.798. The Hall–Kier alpha value is -0.520. The molecule has 0 spiro atoms. The number of allylic oxidation sites excluding steroid dienone is 3. The van der Waals surface area contributed by atoms with Crippen molar-refractivity contribution >= 4 is 0 Å². The lowest BCUT2D eigenvalue weighted by Crippen LogP contribution is -2.25. The first-order chi connectivity index (χ1) is 13.8. The first kappa shape index (κ1) is 22.2. The number of rotatable bonds is 9. The van der Waals surface area contributed by atoms with Gasteiger partial charge in [-0.15, -0.1) is 6.58 Å². The van der Waals surface area contributed by atoms with E-state index >= 15 is 0 Å². The molecule has 0 aromatic rings. The van der Waals surface area contributed by atoms with E-state index in [0.717, 1.165) is 35.5 Å². The Bertz CT molecular complexity index is 437. The average Bonchev–Trinajstić information content (AvgIpc) is 2.76. The molecule has 3 aliphatic rings. The summed E-state index contributed by atoms with van der Waals surface area (Å²) in [6, 6.07) is 0. The largest absolute Gasteiger partial charge is 0.103 e. The Labute approximate surface area is 176 Å². The predicted octanol–water partition coefficient (Wildman–Crippen LogP) is 9.12. The van der Waals surface area contributed by atoms with Crippen molar-refractivity contribution in [3.05, 3.63) is 24.8 Å². The number of unbranched alkanes of at least 4 members (excludes halogenated alkanes) is 3. The zero-order valence-corrected chi connectivity index (χ0v) is 18.9. The van der Waals surface area contributed by atoms with Crippen molar-refractivity contribution in [2.24, 2.45) is 35.5 Å². The molecule has 3 saturated carbocycles. The summed E-state index contributed by atoms with van der Waals surface area (Å²) < 4.78 is 0. The van der Waals surface area contributed by atoms with Crippen molar-refractivity contribution in [2.45, 2.75) is 116 Å². The second-order valence-electron chi connectivity index (χ2n) is 10.6. The Kier molecular flexibility index (Phi) is 9.69. The molecule has 0 aromatic heterocycles. The van der Waals surface area contributed by atoms with E-state index in [0.29, 0.717) is 0 Å². The van der Waals surface area contributed by atoms with E-state index in [4.69, 9.17) is 0 Å². The molecule has 0 nitrogen and oxygen atoms in total. The van der Waals surface area contributed by atoms with Crippen molar-refractivity contribution in [1.29, 1.82) is 0 Å². The van der Waals surface area contributed by atoms with Crippen LogP contribution in [0.4, 0.5) is 0 Å². The van der Waals surface area contributed by atoms with Crippen LogP contribution in [0.15, 0.2) is 24.8 Å². The van der Waals surface area contributed by atoms with Gasteiger partial charge in [0.25, 0.3) is 0 Å². The van der Waals surface area contributed by atoms with Gasteiger partial charge in [0.15, 0.2) is 0 Å². The van der Waals surface area contributed by atoms with E-state index in [9.17, 15) is 0 Å². The highest BCUT2D eigenvalue weighted by Crippen LogP contribution is 2.42. The summed E-state index contributed by atoms with van der Waals surface area (Å²) in [6.07, 6.45) is 32.4. The van der Waals surface area contributed by atoms with E-state index < -0.39 is 0 Å². The molecule has 0 heteroatoms. The normalized spacial score (nSPS) is 37.2. The summed E-state index contributed by atoms with van der Waals surface area (Å²) in [5.74, 6) is 5.76. The maximum Gasteiger partial charge on any atom is -0.0233 e. The van der Waals surface area contributed by atoms with E-state index in [2.05, 4.69) is 31.7 Å². The highest BCUT2D eigenvalue weighted by Gasteiger charge is 2.30. The first-order valence-electron chi connectivity index (χ1n) is 13.1. The summed E-state index contributed by atoms with van der Waals surface area (Å²) >= 11 is 0. The summed E-state index contributed by atoms with van der Waals surface area (Å²) in [5.41, 5.74) is 0. The fourth-order valence-electron chi connectivity index (χ4n) is 6.50. The second kappa shape index (κ2) is 12.2. The molecule has 0 unspecified atom stereocenters. The molecule has 3 rings (SSSR count). The predicted molar refractivity (Wildman–Crippen MR) is 124 cm³/mol. The number of hydrogen-bond donors (Lipinski definition) is 0. The van der Waals surface area contributed by atoms with Gasteiger partial charge in [-0.05, 0) is 99.7 Å². The quantitative estimate of drug-likeness (QED) is 0.274. The van der Waals surface area contributed by atoms with Gasteiger partial charge in [0.1, 0.15) is 0 Å². The van der Waals surface area contributed by atoms with Crippen LogP contribution < -0.4 is 0 Å². The first-order valence-corrected chi connectivity index (χ1v) is 13.1. The zero-order valence-electron chi connectivity index (χ0n) is 18.9. The van der Waals surface area contributed by atoms with Crippen LogP contribution in [0.25, 0.3) is 0 Å². The monoisotopic (exact) mass is 384 g/mol. The molecule has 0 aromatic carbocycles. The summed E-state index contributed by atoms with van der Waals surface area (Å²) in [4.78, 5) is 0. The average molecular weight is 385 g/mol. The molecule has 0 radical (unpaired) electrons. The molecule has 160 valence electrons. The molecule has 0 amide bonds. The standard InChI is InChI=1S/C28H48/c1-3-5-6-7-8-24-15-19-27(20-16-24)28-21-17-26(18-22-28)14-13-25-11-9-23(4-2)10-12-25/h4,13-14,23-28H,2-3,5-12,15-22H2,1H3/b14-13+. The molecule has 0 aliphatic heterocycles. The number of hydrogen-bond acceptors (Lipinski definition) is 0. The van der Waals surface area contributed by atoms with Gasteiger partial charge in [-0.1, -0.05) is 70.1 Å². The molecular formula is C28H48. The van der Waals surface area contributed by atoms with E-state index in [1.165, 1.54) is 83.5 Å². The van der Waals surface area contributed by atoms with Gasteiger partial charge in [-0.25, -0.2) is 0 Å². The lowest BCUT2D eigenvalue weighted by Gasteiger charge is -2.37. The molecular weight excluding hydrogens is 336 g/mol. The molecule has 0 atom stereocenters. The minimum atomic E-state index is 0.798. The minimum Gasteiger partial charge on any atom is -0.103 e. The van der Waals surface area contributed by atoms with Crippen LogP contribution in [0.2, 0.25) is 0 Å². The van der Waals surface area contributed by atoms with Crippen LogP contribution in [-0.4, -0.2) is 0 Å². The van der Waals surface area contributed by atoms with E-state index in [1.807, 2.05) is 0 Å². The van der Waals surface area contributed by atoms with Crippen LogP contribution in [0.5, 0.6) is 0 Å². The van der Waals surface area contributed by atoms with Gasteiger partial charge in [0, 0.05) is 0 Å². The maximum absolute atomic E-state index is 3.98. The van der Waals surface area contributed by atoms with Crippen LogP contribution >= 0.6 is 0 Å². The van der Waals surface area contributed by atoms with Gasteiger partial charge in [-0.3, -0.25) is 0 Å².